The fraction of sp³-hybridized carbons (Fsp3) is 0.222. The molecule has 0 spiro atoms. The predicted molar refractivity (Wildman–Crippen MR) is 125 cm³/mol. The summed E-state index contributed by atoms with van der Waals surface area (Å²) in [6.45, 7) is 2.21. The molecule has 5 aromatic rings. The Hall–Kier alpha value is -3.33. The molecule has 1 aliphatic carbocycles. The first-order chi connectivity index (χ1) is 14.7. The van der Waals surface area contributed by atoms with Gasteiger partial charge in [-0.25, -0.2) is 0 Å². The van der Waals surface area contributed by atoms with Crippen LogP contribution in [0.1, 0.15) is 29.7 Å². The van der Waals surface area contributed by atoms with Crippen molar-refractivity contribution in [1.82, 2.24) is 14.5 Å². The lowest BCUT2D eigenvalue weighted by Gasteiger charge is -2.13. The third-order valence-electron chi connectivity index (χ3n) is 6.66. The van der Waals surface area contributed by atoms with Crippen molar-refractivity contribution in [2.24, 2.45) is 7.05 Å². The second-order valence-electron chi connectivity index (χ2n) is 8.65. The molecule has 0 fully saturated rings. The highest BCUT2D eigenvalue weighted by molar-refractivity contribution is 6.01. The molecule has 0 saturated carbocycles. The zero-order chi connectivity index (χ0) is 20.2. The van der Waals surface area contributed by atoms with Crippen molar-refractivity contribution in [2.45, 2.75) is 32.6 Å². The summed E-state index contributed by atoms with van der Waals surface area (Å²) in [5.74, 6) is 0. The van der Waals surface area contributed by atoms with Crippen molar-refractivity contribution in [1.29, 1.82) is 0 Å². The van der Waals surface area contributed by atoms with E-state index in [1.165, 1.54) is 80.1 Å². The molecule has 0 saturated heterocycles. The van der Waals surface area contributed by atoms with E-state index in [2.05, 4.69) is 77.2 Å². The quantitative estimate of drug-likeness (QED) is 0.362. The van der Waals surface area contributed by atoms with Gasteiger partial charge in [0.15, 0.2) is 0 Å². The average Bonchev–Trinajstić information content (AvgIpc) is 3.33. The van der Waals surface area contributed by atoms with E-state index >= 15 is 0 Å². The lowest BCUT2D eigenvalue weighted by molar-refractivity contribution is 0.680. The van der Waals surface area contributed by atoms with E-state index in [9.17, 15) is 0 Å². The molecular formula is C27H25N3. The number of hydrogen-bond donors (Lipinski definition) is 1. The molecule has 2 aromatic carbocycles. The Bertz CT molecular complexity index is 1420. The Labute approximate surface area is 176 Å². The first-order valence-corrected chi connectivity index (χ1v) is 10.8. The molecule has 0 atom stereocenters. The highest BCUT2D eigenvalue weighted by atomic mass is 14.9. The Morgan fingerprint density at radius 2 is 1.83 bits per heavy atom. The number of pyridine rings is 1. The Morgan fingerprint density at radius 3 is 2.77 bits per heavy atom. The standard InChI is InChI=1S/C27H25N3/c1-17-13-22(27-23(14-17)21-5-3-4-6-25(21)29-27)20-9-11-28-16-24(20)18-7-8-26-19(15-18)10-12-30(26)2/h7-16,29H,3-6H2,1-2H3. The largest absolute Gasteiger partial charge is 0.358 e. The second-order valence-corrected chi connectivity index (χ2v) is 8.65. The van der Waals surface area contributed by atoms with E-state index in [4.69, 9.17) is 0 Å². The molecule has 0 unspecified atom stereocenters. The van der Waals surface area contributed by atoms with E-state index in [1.807, 2.05) is 12.4 Å². The van der Waals surface area contributed by atoms with E-state index in [1.54, 1.807) is 0 Å². The molecule has 0 bridgehead atoms. The number of aryl methyl sites for hydroxylation is 4. The minimum Gasteiger partial charge on any atom is -0.358 e. The number of aromatic nitrogens is 3. The van der Waals surface area contributed by atoms with Gasteiger partial charge in [-0.15, -0.1) is 0 Å². The van der Waals surface area contributed by atoms with Crippen LogP contribution in [0.5, 0.6) is 0 Å². The summed E-state index contributed by atoms with van der Waals surface area (Å²) in [5.41, 5.74) is 11.7. The number of nitrogens with one attached hydrogen (secondary N) is 1. The predicted octanol–water partition coefficient (Wildman–Crippen LogP) is 6.58. The van der Waals surface area contributed by atoms with Crippen LogP contribution >= 0.6 is 0 Å². The van der Waals surface area contributed by atoms with Gasteiger partial charge < -0.3 is 9.55 Å². The molecule has 1 N–H and O–H groups in total. The number of nitrogens with zero attached hydrogens (tertiary/aromatic N) is 2. The third kappa shape index (κ3) is 2.62. The molecule has 1 aliphatic rings. The fourth-order valence-electron chi connectivity index (χ4n) is 5.17. The number of aromatic amines is 1. The van der Waals surface area contributed by atoms with Crippen LogP contribution in [-0.4, -0.2) is 14.5 Å². The monoisotopic (exact) mass is 391 g/mol. The van der Waals surface area contributed by atoms with Crippen LogP contribution < -0.4 is 0 Å². The summed E-state index contributed by atoms with van der Waals surface area (Å²) in [4.78, 5) is 8.28. The first-order valence-electron chi connectivity index (χ1n) is 10.8. The van der Waals surface area contributed by atoms with Crippen LogP contribution in [-0.2, 0) is 19.9 Å². The number of benzene rings is 2. The van der Waals surface area contributed by atoms with Gasteiger partial charge in [-0.2, -0.15) is 0 Å². The van der Waals surface area contributed by atoms with Gasteiger partial charge in [0.25, 0.3) is 0 Å². The molecule has 3 nitrogen and oxygen atoms in total. The van der Waals surface area contributed by atoms with Gasteiger partial charge >= 0.3 is 0 Å². The number of rotatable bonds is 2. The van der Waals surface area contributed by atoms with Gasteiger partial charge in [0.05, 0.1) is 5.52 Å². The molecule has 3 heteroatoms. The summed E-state index contributed by atoms with van der Waals surface area (Å²) in [6.07, 6.45) is 11.0. The van der Waals surface area contributed by atoms with E-state index in [0.29, 0.717) is 0 Å². The van der Waals surface area contributed by atoms with E-state index < -0.39 is 0 Å². The molecule has 6 rings (SSSR count). The van der Waals surface area contributed by atoms with Gasteiger partial charge in [-0.1, -0.05) is 6.07 Å². The third-order valence-corrected chi connectivity index (χ3v) is 6.66. The van der Waals surface area contributed by atoms with Crippen LogP contribution in [0.3, 0.4) is 0 Å². The number of hydrogen-bond acceptors (Lipinski definition) is 1. The minimum absolute atomic E-state index is 1.16. The highest BCUT2D eigenvalue weighted by Gasteiger charge is 2.19. The maximum absolute atomic E-state index is 4.48. The second kappa shape index (κ2) is 6.60. The minimum atomic E-state index is 1.16. The van der Waals surface area contributed by atoms with E-state index in [0.717, 1.165) is 6.42 Å². The maximum Gasteiger partial charge on any atom is 0.0539 e. The van der Waals surface area contributed by atoms with Gasteiger partial charge in [-0.05, 0) is 91.3 Å². The summed E-state index contributed by atoms with van der Waals surface area (Å²) in [7, 11) is 2.09. The summed E-state index contributed by atoms with van der Waals surface area (Å²) >= 11 is 0. The lowest BCUT2D eigenvalue weighted by Crippen LogP contribution is -1.99. The fourth-order valence-corrected chi connectivity index (χ4v) is 5.17. The number of fused-ring (bicyclic) bond motifs is 4. The molecule has 0 aliphatic heterocycles. The van der Waals surface area contributed by atoms with Crippen molar-refractivity contribution in [2.75, 3.05) is 0 Å². The molecule has 0 radical (unpaired) electrons. The van der Waals surface area contributed by atoms with Crippen molar-refractivity contribution in [3.05, 3.63) is 77.9 Å². The summed E-state index contributed by atoms with van der Waals surface area (Å²) < 4.78 is 2.16. The Morgan fingerprint density at radius 1 is 0.933 bits per heavy atom. The van der Waals surface area contributed by atoms with Crippen molar-refractivity contribution in [3.8, 4) is 22.3 Å². The van der Waals surface area contributed by atoms with Crippen LogP contribution in [0.25, 0.3) is 44.1 Å². The highest BCUT2D eigenvalue weighted by Crippen LogP contribution is 2.40. The number of H-pyrrole nitrogens is 1. The zero-order valence-corrected chi connectivity index (χ0v) is 17.5. The SMILES string of the molecule is Cc1cc(-c2ccncc2-c2ccc3c(ccn3C)c2)c2[nH]c3c(c2c1)CCCC3. The molecule has 3 heterocycles. The first kappa shape index (κ1) is 17.5. The van der Waals surface area contributed by atoms with Gasteiger partial charge in [0, 0.05) is 58.7 Å². The van der Waals surface area contributed by atoms with Gasteiger partial charge in [-0.3, -0.25) is 4.98 Å². The molecular weight excluding hydrogens is 366 g/mol. The van der Waals surface area contributed by atoms with Crippen LogP contribution in [0.4, 0.5) is 0 Å². The maximum atomic E-state index is 4.48. The average molecular weight is 392 g/mol. The molecule has 0 amide bonds. The molecule has 30 heavy (non-hydrogen) atoms. The summed E-state index contributed by atoms with van der Waals surface area (Å²) in [5, 5.41) is 2.66. The molecule has 148 valence electrons. The zero-order valence-electron chi connectivity index (χ0n) is 17.5. The summed E-state index contributed by atoms with van der Waals surface area (Å²) in [6, 6.07) is 15.7. The van der Waals surface area contributed by atoms with Crippen molar-refractivity contribution >= 4 is 21.8 Å². The van der Waals surface area contributed by atoms with Crippen LogP contribution in [0.2, 0.25) is 0 Å². The smallest absolute Gasteiger partial charge is 0.0539 e. The van der Waals surface area contributed by atoms with Crippen LogP contribution in [0.15, 0.2) is 61.1 Å². The van der Waals surface area contributed by atoms with Crippen LogP contribution in [0, 0.1) is 6.92 Å². The lowest BCUT2D eigenvalue weighted by atomic mass is 9.91. The van der Waals surface area contributed by atoms with Gasteiger partial charge in [0.2, 0.25) is 0 Å². The van der Waals surface area contributed by atoms with E-state index in [-0.39, 0.29) is 0 Å². The van der Waals surface area contributed by atoms with Gasteiger partial charge in [0.1, 0.15) is 0 Å². The topological polar surface area (TPSA) is 33.6 Å². The Kier molecular flexibility index (Phi) is 3.85. The molecule has 3 aromatic heterocycles. The Balaban J connectivity index is 1.60. The van der Waals surface area contributed by atoms with Crippen molar-refractivity contribution in [3.63, 3.8) is 0 Å². The normalized spacial score (nSPS) is 13.8. The van der Waals surface area contributed by atoms with Crippen molar-refractivity contribution < 1.29 is 0 Å².